The number of anilines is 3. The molecule has 29 heavy (non-hydrogen) atoms. The van der Waals surface area contributed by atoms with Gasteiger partial charge in [-0.25, -0.2) is 0 Å². The van der Waals surface area contributed by atoms with Gasteiger partial charge in [-0.05, 0) is 54.8 Å². The van der Waals surface area contributed by atoms with E-state index in [0.29, 0.717) is 17.2 Å². The Morgan fingerprint density at radius 1 is 0.828 bits per heavy atom. The predicted molar refractivity (Wildman–Crippen MR) is 114 cm³/mol. The van der Waals surface area contributed by atoms with Crippen LogP contribution in [0.3, 0.4) is 0 Å². The van der Waals surface area contributed by atoms with Gasteiger partial charge in [-0.3, -0.25) is 9.59 Å². The zero-order chi connectivity index (χ0) is 20.5. The lowest BCUT2D eigenvalue weighted by Gasteiger charge is -2.08. The van der Waals surface area contributed by atoms with E-state index in [4.69, 9.17) is 0 Å². The number of aryl methyl sites for hydroxylation is 1. The minimum absolute atomic E-state index is 0.147. The summed E-state index contributed by atoms with van der Waals surface area (Å²) in [5, 5.41) is 16.7. The molecule has 2 aromatic carbocycles. The van der Waals surface area contributed by atoms with Gasteiger partial charge in [-0.2, -0.15) is 0 Å². The maximum atomic E-state index is 12.3. The molecule has 7 nitrogen and oxygen atoms in total. The third-order valence-electron chi connectivity index (χ3n) is 4.15. The highest BCUT2D eigenvalue weighted by Gasteiger charge is 2.09. The van der Waals surface area contributed by atoms with Crippen molar-refractivity contribution in [2.45, 2.75) is 19.8 Å². The molecule has 2 amide bonds. The first-order chi connectivity index (χ1) is 14.1. The van der Waals surface area contributed by atoms with E-state index in [1.807, 2.05) is 18.2 Å². The summed E-state index contributed by atoms with van der Waals surface area (Å²) < 4.78 is 0. The monoisotopic (exact) mass is 389 g/mol. The van der Waals surface area contributed by atoms with Crippen LogP contribution in [0.25, 0.3) is 0 Å². The quantitative estimate of drug-likeness (QED) is 0.510. The topological polar surface area (TPSA) is 96.0 Å². The molecule has 0 aliphatic heterocycles. The molecule has 0 bridgehead atoms. The summed E-state index contributed by atoms with van der Waals surface area (Å²) in [6.45, 7) is 2.21. The standard InChI is InChI=1S/C22H23N5O2/c1-16(28)24-18-9-11-19(12-10-18)25-22(29)20-13-14-21(27-26-20)23-15-5-8-17-6-3-2-4-7-17/h2-4,6-7,9-14H,5,8,15H2,1H3,(H,23,27)(H,24,28)(H,25,29). The highest BCUT2D eigenvalue weighted by atomic mass is 16.2. The summed E-state index contributed by atoms with van der Waals surface area (Å²) in [5.74, 6) is 0.139. The highest BCUT2D eigenvalue weighted by molar-refractivity contribution is 6.03. The fraction of sp³-hybridized carbons (Fsp3) is 0.182. The average molecular weight is 389 g/mol. The zero-order valence-electron chi connectivity index (χ0n) is 16.2. The molecule has 0 saturated carbocycles. The van der Waals surface area contributed by atoms with Crippen LogP contribution in [0.1, 0.15) is 29.4 Å². The molecule has 0 saturated heterocycles. The van der Waals surface area contributed by atoms with Crippen LogP contribution in [-0.2, 0) is 11.2 Å². The number of hydrogen-bond acceptors (Lipinski definition) is 5. The number of nitrogens with one attached hydrogen (secondary N) is 3. The van der Waals surface area contributed by atoms with Gasteiger partial charge < -0.3 is 16.0 Å². The SMILES string of the molecule is CC(=O)Nc1ccc(NC(=O)c2ccc(NCCCc3ccccc3)nn2)cc1. The van der Waals surface area contributed by atoms with Crippen LogP contribution in [0.2, 0.25) is 0 Å². The molecular weight excluding hydrogens is 366 g/mol. The fourth-order valence-corrected chi connectivity index (χ4v) is 2.74. The number of carbonyl (C=O) groups is 2. The van der Waals surface area contributed by atoms with Crippen LogP contribution in [0.5, 0.6) is 0 Å². The summed E-state index contributed by atoms with van der Waals surface area (Å²) in [6, 6.07) is 20.5. The first kappa shape index (κ1) is 20.0. The van der Waals surface area contributed by atoms with Gasteiger partial charge in [-0.1, -0.05) is 30.3 Å². The molecule has 3 rings (SSSR count). The van der Waals surface area contributed by atoms with E-state index in [-0.39, 0.29) is 17.5 Å². The molecule has 0 radical (unpaired) electrons. The van der Waals surface area contributed by atoms with Crippen molar-refractivity contribution < 1.29 is 9.59 Å². The van der Waals surface area contributed by atoms with Crippen LogP contribution < -0.4 is 16.0 Å². The summed E-state index contributed by atoms with van der Waals surface area (Å²) in [5.41, 5.74) is 2.80. The summed E-state index contributed by atoms with van der Waals surface area (Å²) in [6.07, 6.45) is 1.96. The van der Waals surface area contributed by atoms with Gasteiger partial charge in [0.1, 0.15) is 5.82 Å². The highest BCUT2D eigenvalue weighted by Crippen LogP contribution is 2.14. The van der Waals surface area contributed by atoms with Crippen LogP contribution >= 0.6 is 0 Å². The van der Waals surface area contributed by atoms with Crippen molar-refractivity contribution >= 4 is 29.0 Å². The average Bonchev–Trinajstić information content (AvgIpc) is 2.73. The molecule has 1 heterocycles. The predicted octanol–water partition coefficient (Wildman–Crippen LogP) is 3.73. The molecule has 0 unspecified atom stereocenters. The lowest BCUT2D eigenvalue weighted by atomic mass is 10.1. The number of nitrogens with zero attached hydrogens (tertiary/aromatic N) is 2. The second-order valence-electron chi connectivity index (χ2n) is 6.53. The van der Waals surface area contributed by atoms with Gasteiger partial charge in [0.2, 0.25) is 5.91 Å². The van der Waals surface area contributed by atoms with Crippen molar-refractivity contribution in [1.29, 1.82) is 0 Å². The molecule has 0 aliphatic rings. The second kappa shape index (κ2) is 9.98. The van der Waals surface area contributed by atoms with Gasteiger partial charge in [0, 0.05) is 24.8 Å². The van der Waals surface area contributed by atoms with Crippen molar-refractivity contribution in [2.24, 2.45) is 0 Å². The van der Waals surface area contributed by atoms with Crippen molar-refractivity contribution in [2.75, 3.05) is 22.5 Å². The molecule has 1 aromatic heterocycles. The number of benzene rings is 2. The lowest BCUT2D eigenvalue weighted by molar-refractivity contribution is -0.114. The zero-order valence-corrected chi connectivity index (χ0v) is 16.2. The minimum atomic E-state index is -0.347. The summed E-state index contributed by atoms with van der Waals surface area (Å²) in [7, 11) is 0. The Kier molecular flexibility index (Phi) is 6.89. The molecular formula is C22H23N5O2. The lowest BCUT2D eigenvalue weighted by Crippen LogP contribution is -2.15. The number of aromatic nitrogens is 2. The number of amides is 2. The van der Waals surface area contributed by atoms with Gasteiger partial charge in [-0.15, -0.1) is 10.2 Å². The van der Waals surface area contributed by atoms with Gasteiger partial charge >= 0.3 is 0 Å². The third-order valence-corrected chi connectivity index (χ3v) is 4.15. The van der Waals surface area contributed by atoms with E-state index in [0.717, 1.165) is 19.4 Å². The van der Waals surface area contributed by atoms with E-state index in [1.54, 1.807) is 36.4 Å². The Bertz CT molecular complexity index is 941. The van der Waals surface area contributed by atoms with E-state index in [9.17, 15) is 9.59 Å². The minimum Gasteiger partial charge on any atom is -0.369 e. The molecule has 0 aliphatic carbocycles. The first-order valence-electron chi connectivity index (χ1n) is 9.41. The van der Waals surface area contributed by atoms with Crippen molar-refractivity contribution in [3.8, 4) is 0 Å². The van der Waals surface area contributed by atoms with Crippen LogP contribution in [-0.4, -0.2) is 28.6 Å². The molecule has 7 heteroatoms. The maximum Gasteiger partial charge on any atom is 0.276 e. The first-order valence-corrected chi connectivity index (χ1v) is 9.41. The molecule has 3 aromatic rings. The van der Waals surface area contributed by atoms with Gasteiger partial charge in [0.15, 0.2) is 5.69 Å². The summed E-state index contributed by atoms with van der Waals surface area (Å²) >= 11 is 0. The second-order valence-corrected chi connectivity index (χ2v) is 6.53. The Morgan fingerprint density at radius 3 is 2.14 bits per heavy atom. The largest absolute Gasteiger partial charge is 0.369 e. The summed E-state index contributed by atoms with van der Waals surface area (Å²) in [4.78, 5) is 23.3. The molecule has 148 valence electrons. The fourth-order valence-electron chi connectivity index (χ4n) is 2.74. The van der Waals surface area contributed by atoms with E-state index in [1.165, 1.54) is 12.5 Å². The van der Waals surface area contributed by atoms with Crippen LogP contribution in [0.4, 0.5) is 17.2 Å². The van der Waals surface area contributed by atoms with Crippen LogP contribution in [0.15, 0.2) is 66.7 Å². The number of rotatable bonds is 8. The Labute approximate surface area is 169 Å². The maximum absolute atomic E-state index is 12.3. The van der Waals surface area contributed by atoms with E-state index >= 15 is 0 Å². The molecule has 0 atom stereocenters. The van der Waals surface area contributed by atoms with Crippen molar-refractivity contribution in [3.05, 3.63) is 78.0 Å². The Balaban J connectivity index is 1.46. The molecule has 0 fully saturated rings. The van der Waals surface area contributed by atoms with E-state index in [2.05, 4.69) is 38.3 Å². The smallest absolute Gasteiger partial charge is 0.276 e. The molecule has 0 spiro atoms. The van der Waals surface area contributed by atoms with E-state index < -0.39 is 0 Å². The van der Waals surface area contributed by atoms with Crippen molar-refractivity contribution in [3.63, 3.8) is 0 Å². The van der Waals surface area contributed by atoms with Crippen LogP contribution in [0, 0.1) is 0 Å². The Hall–Kier alpha value is -3.74. The molecule has 3 N–H and O–H groups in total. The Morgan fingerprint density at radius 2 is 1.52 bits per heavy atom. The van der Waals surface area contributed by atoms with Gasteiger partial charge in [0.05, 0.1) is 0 Å². The number of hydrogen-bond donors (Lipinski definition) is 3. The normalized spacial score (nSPS) is 10.2. The van der Waals surface area contributed by atoms with Crippen molar-refractivity contribution in [1.82, 2.24) is 10.2 Å². The third kappa shape index (κ3) is 6.42. The number of carbonyl (C=O) groups excluding carboxylic acids is 2. The van der Waals surface area contributed by atoms with Gasteiger partial charge in [0.25, 0.3) is 5.91 Å².